The average Bonchev–Trinajstić information content (AvgIpc) is 2.90. The Labute approximate surface area is 168 Å². The molecule has 2 aliphatic rings. The number of likely N-dealkylation sites (tertiary alicyclic amines) is 1. The number of carbonyl (C=O) groups is 1. The number of halogens is 3. The van der Waals surface area contributed by atoms with Crippen LogP contribution in [-0.2, 0) is 16.0 Å². The molecule has 2 aliphatic heterocycles. The lowest BCUT2D eigenvalue weighted by Crippen LogP contribution is -2.49. The Hall–Kier alpha value is -1.98. The number of amides is 1. The van der Waals surface area contributed by atoms with Crippen LogP contribution in [0.3, 0.4) is 0 Å². The Balaban J connectivity index is 1.62. The predicted octanol–water partition coefficient (Wildman–Crippen LogP) is 4.66. The highest BCUT2D eigenvalue weighted by Crippen LogP contribution is 2.34. The van der Waals surface area contributed by atoms with Crippen molar-refractivity contribution in [1.82, 2.24) is 4.90 Å². The molecule has 0 saturated carbocycles. The van der Waals surface area contributed by atoms with Gasteiger partial charge in [-0.15, -0.1) is 0 Å². The van der Waals surface area contributed by atoms with Crippen LogP contribution in [0.15, 0.2) is 42.5 Å². The van der Waals surface area contributed by atoms with E-state index in [1.165, 1.54) is 0 Å². The van der Waals surface area contributed by atoms with E-state index in [1.807, 2.05) is 0 Å². The third-order valence-electron chi connectivity index (χ3n) is 5.85. The smallest absolute Gasteiger partial charge is 0.252 e. The molecule has 0 spiro atoms. The standard InChI is InChI=1S/C22H22ClF2NO2/c1-13-18(24)12-26(22(27)20-8-9-28-20)19(13)11-15-5-3-7-17(21(15)25)14-4-2-6-16(23)10-14/h2-7,10,13,18-20H,8-9,11-12H2,1H3/t13-,18-,19-,20?/m0/s1. The highest BCUT2D eigenvalue weighted by Gasteiger charge is 2.45. The van der Waals surface area contributed by atoms with Gasteiger partial charge in [0, 0.05) is 29.0 Å². The van der Waals surface area contributed by atoms with Crippen LogP contribution in [-0.4, -0.2) is 42.3 Å². The van der Waals surface area contributed by atoms with Crippen molar-refractivity contribution in [3.05, 3.63) is 58.9 Å². The summed E-state index contributed by atoms with van der Waals surface area (Å²) < 4.78 is 35.0. The minimum absolute atomic E-state index is 0.0418. The van der Waals surface area contributed by atoms with Crippen molar-refractivity contribution in [2.75, 3.05) is 13.2 Å². The second-order valence-electron chi connectivity index (χ2n) is 7.57. The Morgan fingerprint density at radius 1 is 1.29 bits per heavy atom. The van der Waals surface area contributed by atoms with E-state index in [-0.39, 0.29) is 30.6 Å². The Kier molecular flexibility index (Phi) is 5.39. The zero-order valence-corrected chi connectivity index (χ0v) is 16.3. The first-order valence-corrected chi connectivity index (χ1v) is 9.93. The van der Waals surface area contributed by atoms with Gasteiger partial charge in [-0.2, -0.15) is 0 Å². The van der Waals surface area contributed by atoms with Crippen molar-refractivity contribution in [1.29, 1.82) is 0 Å². The van der Waals surface area contributed by atoms with Gasteiger partial charge >= 0.3 is 0 Å². The molecule has 2 heterocycles. The summed E-state index contributed by atoms with van der Waals surface area (Å²) in [5, 5.41) is 0.532. The summed E-state index contributed by atoms with van der Waals surface area (Å²) >= 11 is 6.04. The number of hydrogen-bond donors (Lipinski definition) is 0. The maximum Gasteiger partial charge on any atom is 0.252 e. The molecule has 6 heteroatoms. The largest absolute Gasteiger partial charge is 0.368 e. The van der Waals surface area contributed by atoms with Crippen LogP contribution >= 0.6 is 11.6 Å². The summed E-state index contributed by atoms with van der Waals surface area (Å²) in [7, 11) is 0. The lowest BCUT2D eigenvalue weighted by atomic mass is 9.92. The van der Waals surface area contributed by atoms with E-state index < -0.39 is 18.3 Å². The predicted molar refractivity (Wildman–Crippen MR) is 104 cm³/mol. The minimum atomic E-state index is -1.12. The number of ether oxygens (including phenoxy) is 1. The molecule has 0 N–H and O–H groups in total. The van der Waals surface area contributed by atoms with Gasteiger partial charge in [0.1, 0.15) is 18.1 Å². The molecule has 2 saturated heterocycles. The van der Waals surface area contributed by atoms with Gasteiger partial charge < -0.3 is 9.64 Å². The summed E-state index contributed by atoms with van der Waals surface area (Å²) in [4.78, 5) is 14.2. The van der Waals surface area contributed by atoms with Gasteiger partial charge in [0.25, 0.3) is 5.91 Å². The van der Waals surface area contributed by atoms with Gasteiger partial charge in [-0.1, -0.05) is 48.9 Å². The summed E-state index contributed by atoms with van der Waals surface area (Å²) in [6.07, 6.45) is -0.678. The van der Waals surface area contributed by atoms with Crippen LogP contribution in [0.1, 0.15) is 18.9 Å². The first-order chi connectivity index (χ1) is 13.5. The van der Waals surface area contributed by atoms with E-state index in [1.54, 1.807) is 54.3 Å². The lowest BCUT2D eigenvalue weighted by molar-refractivity contribution is -0.157. The van der Waals surface area contributed by atoms with Crippen LogP contribution in [0.25, 0.3) is 11.1 Å². The molecule has 4 rings (SSSR count). The molecule has 148 valence electrons. The number of nitrogens with zero attached hydrogens (tertiary/aromatic N) is 1. The first-order valence-electron chi connectivity index (χ1n) is 9.55. The summed E-state index contributed by atoms with van der Waals surface area (Å²) in [5.74, 6) is -0.903. The Bertz CT molecular complexity index is 887. The fourth-order valence-corrected chi connectivity index (χ4v) is 4.21. The number of rotatable bonds is 4. The molecule has 2 fully saturated rings. The zero-order valence-electron chi connectivity index (χ0n) is 15.6. The fourth-order valence-electron chi connectivity index (χ4n) is 4.02. The molecule has 28 heavy (non-hydrogen) atoms. The molecule has 1 unspecified atom stereocenters. The first kappa shape index (κ1) is 19.3. The molecule has 3 nitrogen and oxygen atoms in total. The van der Waals surface area contributed by atoms with Crippen LogP contribution in [0.5, 0.6) is 0 Å². The normalized spacial score (nSPS) is 26.9. The highest BCUT2D eigenvalue weighted by atomic mass is 35.5. The summed E-state index contributed by atoms with van der Waals surface area (Å²) in [5.41, 5.74) is 1.60. The van der Waals surface area contributed by atoms with Gasteiger partial charge in [-0.05, 0) is 29.7 Å². The lowest BCUT2D eigenvalue weighted by Gasteiger charge is -2.33. The molecule has 2 aromatic rings. The van der Waals surface area contributed by atoms with Gasteiger partial charge in [0.2, 0.25) is 0 Å². The second kappa shape index (κ2) is 7.80. The van der Waals surface area contributed by atoms with Crippen molar-refractivity contribution in [2.45, 2.75) is 38.1 Å². The topological polar surface area (TPSA) is 29.5 Å². The van der Waals surface area contributed by atoms with Crippen molar-refractivity contribution in [3.63, 3.8) is 0 Å². The van der Waals surface area contributed by atoms with E-state index in [0.29, 0.717) is 34.7 Å². The van der Waals surface area contributed by atoms with E-state index >= 15 is 4.39 Å². The third kappa shape index (κ3) is 3.53. The molecule has 0 bridgehead atoms. The Morgan fingerprint density at radius 3 is 2.71 bits per heavy atom. The monoisotopic (exact) mass is 405 g/mol. The minimum Gasteiger partial charge on any atom is -0.368 e. The van der Waals surface area contributed by atoms with Crippen molar-refractivity contribution >= 4 is 17.5 Å². The molecule has 2 aromatic carbocycles. The van der Waals surface area contributed by atoms with Crippen LogP contribution in [0.2, 0.25) is 5.02 Å². The molecule has 4 atom stereocenters. The highest BCUT2D eigenvalue weighted by molar-refractivity contribution is 6.30. The van der Waals surface area contributed by atoms with Gasteiger partial charge in [0.05, 0.1) is 13.2 Å². The average molecular weight is 406 g/mol. The van der Waals surface area contributed by atoms with E-state index in [9.17, 15) is 9.18 Å². The summed E-state index contributed by atoms with van der Waals surface area (Å²) in [6.45, 7) is 2.38. The molecular formula is C22H22ClF2NO2. The second-order valence-corrected chi connectivity index (χ2v) is 8.01. The van der Waals surface area contributed by atoms with E-state index in [2.05, 4.69) is 0 Å². The molecule has 0 aromatic heterocycles. The number of carbonyl (C=O) groups excluding carboxylic acids is 1. The molecular weight excluding hydrogens is 384 g/mol. The summed E-state index contributed by atoms with van der Waals surface area (Å²) in [6, 6.07) is 11.8. The van der Waals surface area contributed by atoms with Crippen LogP contribution in [0.4, 0.5) is 8.78 Å². The number of alkyl halides is 1. The van der Waals surface area contributed by atoms with Gasteiger partial charge in [-0.25, -0.2) is 8.78 Å². The molecule has 1 amide bonds. The van der Waals surface area contributed by atoms with E-state index in [0.717, 1.165) is 0 Å². The van der Waals surface area contributed by atoms with Crippen LogP contribution in [0, 0.1) is 11.7 Å². The quantitative estimate of drug-likeness (QED) is 0.740. The SMILES string of the molecule is C[C@H]1[C@@H](F)CN(C(=O)C2CCO2)[C@H]1Cc1cccc(-c2cccc(Cl)c2)c1F. The third-order valence-corrected chi connectivity index (χ3v) is 6.08. The zero-order chi connectivity index (χ0) is 19.8. The van der Waals surface area contributed by atoms with Crippen molar-refractivity contribution < 1.29 is 18.3 Å². The molecule has 0 radical (unpaired) electrons. The van der Waals surface area contributed by atoms with Gasteiger partial charge in [0.15, 0.2) is 0 Å². The maximum absolute atomic E-state index is 15.3. The van der Waals surface area contributed by atoms with Crippen LogP contribution < -0.4 is 0 Å². The maximum atomic E-state index is 15.3. The van der Waals surface area contributed by atoms with E-state index in [4.69, 9.17) is 16.3 Å². The fraction of sp³-hybridized carbons (Fsp3) is 0.409. The Morgan fingerprint density at radius 2 is 2.04 bits per heavy atom. The number of benzene rings is 2. The van der Waals surface area contributed by atoms with Crippen molar-refractivity contribution in [2.24, 2.45) is 5.92 Å². The van der Waals surface area contributed by atoms with Crippen molar-refractivity contribution in [3.8, 4) is 11.1 Å². The van der Waals surface area contributed by atoms with Gasteiger partial charge in [-0.3, -0.25) is 4.79 Å². The number of hydrogen-bond acceptors (Lipinski definition) is 2. The molecule has 0 aliphatic carbocycles.